The van der Waals surface area contributed by atoms with Crippen molar-refractivity contribution in [2.45, 2.75) is 51.6 Å². The van der Waals surface area contributed by atoms with Crippen LogP contribution in [0.3, 0.4) is 0 Å². The minimum atomic E-state index is -0.389. The van der Waals surface area contributed by atoms with Crippen LogP contribution in [0.5, 0.6) is 0 Å². The van der Waals surface area contributed by atoms with Crippen LogP contribution in [0.1, 0.15) is 45.4 Å². The number of halogens is 2. The van der Waals surface area contributed by atoms with Crippen molar-refractivity contribution >= 4 is 51.4 Å². The molecule has 0 aliphatic heterocycles. The molecule has 4 fully saturated rings. The smallest absolute Gasteiger partial charge is 0.0872 e. The quantitative estimate of drug-likeness (QED) is 0.203. The molecule has 0 aromatic heterocycles. The topological polar surface area (TPSA) is 44.6 Å². The van der Waals surface area contributed by atoms with E-state index in [1.807, 2.05) is 6.21 Å². The number of hydrogen-bond donors (Lipinski definition) is 2. The Kier molecular flexibility index (Phi) is 6.86. The van der Waals surface area contributed by atoms with Crippen molar-refractivity contribution < 1.29 is 5.11 Å². The molecule has 0 radical (unpaired) electrons. The van der Waals surface area contributed by atoms with E-state index in [4.69, 9.17) is 0 Å². The average molecular weight is 644 g/mol. The minimum absolute atomic E-state index is 0.281. The first-order chi connectivity index (χ1) is 14.9. The van der Waals surface area contributed by atoms with Crippen molar-refractivity contribution in [3.8, 4) is 0 Å². The fourth-order valence-electron chi connectivity index (χ4n) is 7.41. The molecule has 0 heterocycles. The lowest BCUT2D eigenvalue weighted by atomic mass is 9.59. The van der Waals surface area contributed by atoms with E-state index in [0.29, 0.717) is 11.3 Å². The maximum Gasteiger partial charge on any atom is 0.0872 e. The molecular weight excluding hydrogens is 610 g/mol. The molecule has 5 unspecified atom stereocenters. The highest BCUT2D eigenvalue weighted by molar-refractivity contribution is 14.1. The summed E-state index contributed by atoms with van der Waals surface area (Å²) in [6.07, 6.45) is 18.8. The Hall–Kier alpha value is 0.01000. The number of hydrogen-bond acceptors (Lipinski definition) is 3. The lowest BCUT2D eigenvalue weighted by Gasteiger charge is -2.46. The third-order valence-corrected chi connectivity index (χ3v) is 9.83. The van der Waals surface area contributed by atoms with Gasteiger partial charge in [0.2, 0.25) is 0 Å². The number of aliphatic hydroxyl groups is 1. The third-order valence-electron chi connectivity index (χ3n) is 8.41. The van der Waals surface area contributed by atoms with Gasteiger partial charge < -0.3 is 10.4 Å². The molecule has 0 aromatic rings. The molecule has 5 atom stereocenters. The Morgan fingerprint density at radius 1 is 1.16 bits per heavy atom. The Bertz CT molecular complexity index is 851. The predicted molar refractivity (Wildman–Crippen MR) is 146 cm³/mol. The Morgan fingerprint density at radius 2 is 1.94 bits per heavy atom. The lowest BCUT2D eigenvalue weighted by molar-refractivity contribution is 0.0239. The van der Waals surface area contributed by atoms with Crippen LogP contribution in [0.25, 0.3) is 0 Å². The van der Waals surface area contributed by atoms with Gasteiger partial charge in [0.25, 0.3) is 0 Å². The Morgan fingerprint density at radius 3 is 2.65 bits per heavy atom. The number of rotatable bonds is 7. The number of allylic oxidation sites excluding steroid dienone is 5. The number of aliphatic hydroxyl groups excluding tert-OH is 1. The zero-order chi connectivity index (χ0) is 21.6. The molecular formula is C26H34I2N2O. The molecule has 31 heavy (non-hydrogen) atoms. The van der Waals surface area contributed by atoms with Crippen LogP contribution in [0.15, 0.2) is 47.6 Å². The van der Waals surface area contributed by atoms with Crippen LogP contribution in [-0.2, 0) is 0 Å². The van der Waals surface area contributed by atoms with Crippen molar-refractivity contribution in [3.05, 3.63) is 42.6 Å². The summed E-state index contributed by atoms with van der Waals surface area (Å²) in [7, 11) is 0. The van der Waals surface area contributed by atoms with Crippen LogP contribution in [0.4, 0.5) is 0 Å². The van der Waals surface area contributed by atoms with E-state index in [1.54, 1.807) is 0 Å². The maximum absolute atomic E-state index is 11.3. The van der Waals surface area contributed by atoms with Gasteiger partial charge in [-0.2, -0.15) is 0 Å². The van der Waals surface area contributed by atoms with Gasteiger partial charge in [0.1, 0.15) is 0 Å². The van der Waals surface area contributed by atoms with Gasteiger partial charge in [-0.05, 0) is 135 Å². The zero-order valence-corrected chi connectivity index (χ0v) is 22.7. The molecule has 2 N–H and O–H groups in total. The van der Waals surface area contributed by atoms with Gasteiger partial charge in [-0.25, -0.2) is 0 Å². The maximum atomic E-state index is 11.3. The molecule has 6 rings (SSSR count). The highest BCUT2D eigenvalue weighted by Crippen LogP contribution is 2.67. The van der Waals surface area contributed by atoms with Gasteiger partial charge in [0.05, 0.1) is 12.6 Å². The summed E-state index contributed by atoms with van der Waals surface area (Å²) in [6, 6.07) is 0. The Balaban J connectivity index is 1.14. The van der Waals surface area contributed by atoms with E-state index >= 15 is 0 Å². The van der Waals surface area contributed by atoms with Crippen molar-refractivity contribution in [1.82, 2.24) is 5.32 Å². The second-order valence-electron chi connectivity index (χ2n) is 10.7. The van der Waals surface area contributed by atoms with Crippen LogP contribution >= 0.6 is 45.2 Å². The summed E-state index contributed by atoms with van der Waals surface area (Å²) in [5, 5.41) is 14.9. The summed E-state index contributed by atoms with van der Waals surface area (Å²) < 4.78 is 2.78. The fraction of sp³-hybridized carbons (Fsp3) is 0.654. The second-order valence-corrected chi connectivity index (χ2v) is 13.3. The van der Waals surface area contributed by atoms with Crippen LogP contribution in [0.2, 0.25) is 0 Å². The number of nitrogens with zero attached hydrogens (tertiary/aromatic N) is 1. The molecule has 0 spiro atoms. The summed E-state index contributed by atoms with van der Waals surface area (Å²) >= 11 is 4.86. The fourth-order valence-corrected chi connectivity index (χ4v) is 9.79. The van der Waals surface area contributed by atoms with Crippen molar-refractivity contribution in [2.75, 3.05) is 19.6 Å². The molecule has 5 heteroatoms. The minimum Gasteiger partial charge on any atom is -0.388 e. The first kappa shape index (κ1) is 22.8. The monoisotopic (exact) mass is 644 g/mol. The SMILES string of the molecule is CC1=CC(C23CC4CC(C2)C(C4)C3)C(O)C(/C=N/CCNCC2C=C(I)C=C(I)C2)=C1. The van der Waals surface area contributed by atoms with Gasteiger partial charge in [-0.1, -0.05) is 23.8 Å². The molecule has 6 aliphatic rings. The Labute approximate surface area is 214 Å². The second kappa shape index (κ2) is 9.34. The zero-order valence-electron chi connectivity index (χ0n) is 18.4. The molecule has 3 nitrogen and oxygen atoms in total. The molecule has 4 bridgehead atoms. The summed E-state index contributed by atoms with van der Waals surface area (Å²) in [5.41, 5.74) is 2.67. The van der Waals surface area contributed by atoms with Gasteiger partial charge in [0, 0.05) is 28.8 Å². The van der Waals surface area contributed by atoms with Crippen LogP contribution in [-0.4, -0.2) is 37.1 Å². The normalized spacial score (nSPS) is 41.4. The molecule has 0 amide bonds. The van der Waals surface area contributed by atoms with Crippen molar-refractivity contribution in [1.29, 1.82) is 0 Å². The first-order valence-corrected chi connectivity index (χ1v) is 14.1. The van der Waals surface area contributed by atoms with Gasteiger partial charge in [-0.15, -0.1) is 0 Å². The molecule has 6 aliphatic carbocycles. The summed E-state index contributed by atoms with van der Waals surface area (Å²) in [5.74, 6) is 3.67. The number of nitrogens with one attached hydrogen (secondary N) is 1. The molecule has 0 aromatic carbocycles. The summed E-state index contributed by atoms with van der Waals surface area (Å²) in [4.78, 5) is 4.68. The lowest BCUT2D eigenvalue weighted by Crippen LogP contribution is -2.42. The molecule has 168 valence electrons. The molecule has 4 saturated carbocycles. The largest absolute Gasteiger partial charge is 0.388 e. The average Bonchev–Trinajstić information content (AvgIpc) is 3.12. The van der Waals surface area contributed by atoms with E-state index in [0.717, 1.165) is 49.4 Å². The predicted octanol–water partition coefficient (Wildman–Crippen LogP) is 5.99. The van der Waals surface area contributed by atoms with Gasteiger partial charge >= 0.3 is 0 Å². The van der Waals surface area contributed by atoms with E-state index in [-0.39, 0.29) is 12.0 Å². The van der Waals surface area contributed by atoms with E-state index in [1.165, 1.54) is 44.8 Å². The van der Waals surface area contributed by atoms with E-state index in [2.05, 4.69) is 86.7 Å². The standard InChI is InChI=1S/C26H34I2N2O/c1-16-4-21(15-30-3-2-29-14-18-8-22(27)10-23(28)9-18)25(31)24(5-16)26-11-17-6-19(12-26)20(7-17)13-26/h4-5,8,10,15,17-20,24-25,29,31H,2-3,6-7,9,11-14H2,1H3/b30-15+. The summed E-state index contributed by atoms with van der Waals surface area (Å²) in [6.45, 7) is 4.84. The highest BCUT2D eigenvalue weighted by Gasteiger charge is 2.59. The van der Waals surface area contributed by atoms with E-state index in [9.17, 15) is 5.11 Å². The highest BCUT2D eigenvalue weighted by atomic mass is 127. The van der Waals surface area contributed by atoms with Crippen LogP contribution < -0.4 is 5.32 Å². The van der Waals surface area contributed by atoms with Crippen molar-refractivity contribution in [3.63, 3.8) is 0 Å². The van der Waals surface area contributed by atoms with Gasteiger partial charge in [-0.3, -0.25) is 4.99 Å². The first-order valence-electron chi connectivity index (χ1n) is 11.9. The molecule has 0 saturated heterocycles. The van der Waals surface area contributed by atoms with Gasteiger partial charge in [0.15, 0.2) is 0 Å². The van der Waals surface area contributed by atoms with E-state index < -0.39 is 0 Å². The number of aliphatic imine (C=N–C) groups is 1. The third kappa shape index (κ3) is 4.80. The van der Waals surface area contributed by atoms with Crippen LogP contribution in [0, 0.1) is 35.0 Å². The van der Waals surface area contributed by atoms with Crippen molar-refractivity contribution in [2.24, 2.45) is 40.0 Å².